The van der Waals surface area contributed by atoms with Gasteiger partial charge in [-0.2, -0.15) is 0 Å². The number of aliphatic hydroxyl groups is 3. The molecule has 190 valence electrons. The molecular formula is C24H30N2O8S. The zero-order valence-corrected chi connectivity index (χ0v) is 20.2. The van der Waals surface area contributed by atoms with E-state index in [1.54, 1.807) is 30.3 Å². The monoisotopic (exact) mass is 506 g/mol. The Morgan fingerprint density at radius 1 is 1.14 bits per heavy atom. The second kappa shape index (κ2) is 10.1. The summed E-state index contributed by atoms with van der Waals surface area (Å²) in [4.78, 5) is 11.7. The van der Waals surface area contributed by atoms with Crippen LogP contribution in [0.5, 0.6) is 5.75 Å². The standard InChI is InChI=1S/C24H30N2O8S/c1-13-5-3-8-18(33-24-21(25-14(2)28)23(30)22(29)19(12-27)34-24)20(13)15-6-4-7-16(11-15)26-35(31,32)17-9-10-17/h3-8,11,17,19,21-24,26-27,29-30H,9-10,12H2,1-2H3,(H,25,28)/t19?,21?,22-,23+,24+/m0/s1. The highest BCUT2D eigenvalue weighted by Gasteiger charge is 2.46. The molecule has 0 radical (unpaired) electrons. The number of hydrogen-bond donors (Lipinski definition) is 5. The lowest BCUT2D eigenvalue weighted by Gasteiger charge is -2.42. The van der Waals surface area contributed by atoms with Crippen LogP contribution in [-0.2, 0) is 19.6 Å². The molecule has 2 unspecified atom stereocenters. The first-order valence-electron chi connectivity index (χ1n) is 11.4. The number of rotatable bonds is 8. The van der Waals surface area contributed by atoms with Crippen molar-refractivity contribution in [2.45, 2.75) is 62.6 Å². The minimum atomic E-state index is -3.44. The van der Waals surface area contributed by atoms with Gasteiger partial charge in [0.1, 0.15) is 30.1 Å². The van der Waals surface area contributed by atoms with E-state index in [-0.39, 0.29) is 5.25 Å². The average Bonchev–Trinajstić information content (AvgIpc) is 3.65. The molecule has 1 aliphatic heterocycles. The molecule has 5 N–H and O–H groups in total. The van der Waals surface area contributed by atoms with E-state index in [0.29, 0.717) is 35.4 Å². The van der Waals surface area contributed by atoms with E-state index in [9.17, 15) is 28.5 Å². The smallest absolute Gasteiger partial charge is 0.235 e. The molecule has 1 saturated heterocycles. The van der Waals surface area contributed by atoms with Crippen molar-refractivity contribution in [3.8, 4) is 16.9 Å². The summed E-state index contributed by atoms with van der Waals surface area (Å²) in [6.07, 6.45) is -3.90. The van der Waals surface area contributed by atoms with Crippen molar-refractivity contribution in [2.24, 2.45) is 0 Å². The topological polar surface area (TPSA) is 154 Å². The minimum absolute atomic E-state index is 0.354. The molecule has 10 nitrogen and oxygen atoms in total. The summed E-state index contributed by atoms with van der Waals surface area (Å²) in [5, 5.41) is 32.6. The van der Waals surface area contributed by atoms with Gasteiger partial charge in [0, 0.05) is 18.2 Å². The van der Waals surface area contributed by atoms with Crippen LogP contribution in [0.1, 0.15) is 25.3 Å². The number of carbonyl (C=O) groups is 1. The van der Waals surface area contributed by atoms with Crippen LogP contribution in [0.2, 0.25) is 0 Å². The zero-order valence-electron chi connectivity index (χ0n) is 19.4. The first kappa shape index (κ1) is 25.4. The molecule has 1 saturated carbocycles. The van der Waals surface area contributed by atoms with Gasteiger partial charge in [-0.05, 0) is 49.1 Å². The number of nitrogens with one attached hydrogen (secondary N) is 2. The summed E-state index contributed by atoms with van der Waals surface area (Å²) < 4.78 is 39.2. The van der Waals surface area contributed by atoms with Crippen LogP contribution in [-0.4, -0.2) is 72.1 Å². The highest BCUT2D eigenvalue weighted by Crippen LogP contribution is 2.37. The lowest BCUT2D eigenvalue weighted by Crippen LogP contribution is -2.65. The Hall–Kier alpha value is -2.70. The minimum Gasteiger partial charge on any atom is -0.462 e. The van der Waals surface area contributed by atoms with Gasteiger partial charge in [-0.1, -0.05) is 24.3 Å². The van der Waals surface area contributed by atoms with Crippen LogP contribution >= 0.6 is 0 Å². The predicted octanol–water partition coefficient (Wildman–Crippen LogP) is 0.889. The molecule has 2 aromatic rings. The van der Waals surface area contributed by atoms with E-state index in [1.807, 2.05) is 19.1 Å². The summed E-state index contributed by atoms with van der Waals surface area (Å²) in [6, 6.07) is 11.1. The van der Waals surface area contributed by atoms with Crippen molar-refractivity contribution < 1.29 is 38.0 Å². The number of carbonyl (C=O) groups excluding carboxylic acids is 1. The van der Waals surface area contributed by atoms with Crippen LogP contribution in [0.3, 0.4) is 0 Å². The van der Waals surface area contributed by atoms with Crippen molar-refractivity contribution in [1.82, 2.24) is 5.32 Å². The van der Waals surface area contributed by atoms with Gasteiger partial charge in [0.15, 0.2) is 0 Å². The molecule has 5 atom stereocenters. The molecule has 4 rings (SSSR count). The van der Waals surface area contributed by atoms with Gasteiger partial charge in [0.05, 0.1) is 11.9 Å². The van der Waals surface area contributed by atoms with E-state index in [1.165, 1.54) is 6.92 Å². The van der Waals surface area contributed by atoms with Gasteiger partial charge in [-0.25, -0.2) is 8.42 Å². The third-order valence-electron chi connectivity index (χ3n) is 6.10. The van der Waals surface area contributed by atoms with Gasteiger partial charge in [0.2, 0.25) is 22.2 Å². The second-order valence-electron chi connectivity index (χ2n) is 8.93. The Balaban J connectivity index is 1.66. The molecule has 0 aromatic heterocycles. The van der Waals surface area contributed by atoms with Crippen LogP contribution in [0, 0.1) is 6.92 Å². The molecule has 2 aliphatic rings. The zero-order chi connectivity index (χ0) is 25.3. The Morgan fingerprint density at radius 3 is 2.51 bits per heavy atom. The molecule has 2 fully saturated rings. The largest absolute Gasteiger partial charge is 0.462 e. The fourth-order valence-electron chi connectivity index (χ4n) is 4.17. The van der Waals surface area contributed by atoms with Crippen LogP contribution in [0.15, 0.2) is 42.5 Å². The number of amides is 1. The van der Waals surface area contributed by atoms with Crippen LogP contribution in [0.25, 0.3) is 11.1 Å². The summed E-state index contributed by atoms with van der Waals surface area (Å²) >= 11 is 0. The number of benzene rings is 2. The lowest BCUT2D eigenvalue weighted by atomic mass is 9.96. The van der Waals surface area contributed by atoms with Gasteiger partial charge >= 0.3 is 0 Å². The van der Waals surface area contributed by atoms with Crippen molar-refractivity contribution in [1.29, 1.82) is 0 Å². The number of aliphatic hydroxyl groups excluding tert-OH is 3. The molecular weight excluding hydrogens is 476 g/mol. The molecule has 0 spiro atoms. The van der Waals surface area contributed by atoms with Crippen LogP contribution < -0.4 is 14.8 Å². The predicted molar refractivity (Wildman–Crippen MR) is 128 cm³/mol. The number of sulfonamides is 1. The van der Waals surface area contributed by atoms with Crippen LogP contribution in [0.4, 0.5) is 5.69 Å². The molecule has 11 heteroatoms. The molecule has 35 heavy (non-hydrogen) atoms. The maximum atomic E-state index is 12.4. The third kappa shape index (κ3) is 5.60. The van der Waals surface area contributed by atoms with E-state index in [4.69, 9.17) is 9.47 Å². The summed E-state index contributed by atoms with van der Waals surface area (Å²) in [5.74, 6) is -0.103. The molecule has 0 bridgehead atoms. The lowest BCUT2D eigenvalue weighted by molar-refractivity contribution is -0.244. The first-order valence-corrected chi connectivity index (χ1v) is 12.9. The maximum absolute atomic E-state index is 12.4. The third-order valence-corrected chi connectivity index (χ3v) is 7.97. The van der Waals surface area contributed by atoms with Crippen molar-refractivity contribution in [3.05, 3.63) is 48.0 Å². The van der Waals surface area contributed by atoms with Gasteiger partial charge in [0.25, 0.3) is 0 Å². The van der Waals surface area contributed by atoms with E-state index in [2.05, 4.69) is 10.0 Å². The quantitative estimate of drug-likeness (QED) is 0.354. The van der Waals surface area contributed by atoms with E-state index < -0.39 is 53.2 Å². The number of aryl methyl sites for hydroxylation is 1. The van der Waals surface area contributed by atoms with Gasteiger partial charge < -0.3 is 30.1 Å². The Kier molecular flexibility index (Phi) is 7.34. The summed E-state index contributed by atoms with van der Waals surface area (Å²) in [6.45, 7) is 2.57. The Bertz CT molecular complexity index is 1180. The Morgan fingerprint density at radius 2 is 1.86 bits per heavy atom. The molecule has 1 aliphatic carbocycles. The molecule has 2 aromatic carbocycles. The molecule has 1 amide bonds. The number of ether oxygens (including phenoxy) is 2. The molecule has 1 heterocycles. The Labute approximate surface area is 203 Å². The summed E-state index contributed by atoms with van der Waals surface area (Å²) in [5.41, 5.74) is 2.59. The average molecular weight is 507 g/mol. The SMILES string of the molecule is CC(=O)NC1[C@H](Oc2cccc(C)c2-c2cccc(NS(=O)(=O)C3CC3)c2)OC(CO)[C@H](O)[C@@H]1O. The number of anilines is 1. The fraction of sp³-hybridized carbons (Fsp3) is 0.458. The highest BCUT2D eigenvalue weighted by molar-refractivity contribution is 7.93. The maximum Gasteiger partial charge on any atom is 0.235 e. The number of hydrogen-bond acceptors (Lipinski definition) is 8. The first-order chi connectivity index (χ1) is 16.6. The van der Waals surface area contributed by atoms with Gasteiger partial charge in [-0.3, -0.25) is 9.52 Å². The van der Waals surface area contributed by atoms with Crippen molar-refractivity contribution in [2.75, 3.05) is 11.3 Å². The van der Waals surface area contributed by atoms with Gasteiger partial charge in [-0.15, -0.1) is 0 Å². The fourth-order valence-corrected chi connectivity index (χ4v) is 5.55. The van der Waals surface area contributed by atoms with E-state index >= 15 is 0 Å². The summed E-state index contributed by atoms with van der Waals surface area (Å²) in [7, 11) is -3.44. The van der Waals surface area contributed by atoms with Crippen molar-refractivity contribution in [3.63, 3.8) is 0 Å². The van der Waals surface area contributed by atoms with Crippen molar-refractivity contribution >= 4 is 21.6 Å². The van der Waals surface area contributed by atoms with E-state index in [0.717, 1.165) is 5.56 Å². The second-order valence-corrected chi connectivity index (χ2v) is 10.9. The normalized spacial score (nSPS) is 26.7. The highest BCUT2D eigenvalue weighted by atomic mass is 32.2.